The van der Waals surface area contributed by atoms with Gasteiger partial charge in [-0.15, -0.1) is 13.2 Å². The van der Waals surface area contributed by atoms with Gasteiger partial charge >= 0.3 is 12.5 Å². The molecule has 0 aliphatic heterocycles. The molecule has 0 atom stereocenters. The summed E-state index contributed by atoms with van der Waals surface area (Å²) in [5.41, 5.74) is -0.646. The van der Waals surface area contributed by atoms with Crippen LogP contribution in [0.2, 0.25) is 0 Å². The van der Waals surface area contributed by atoms with Crippen LogP contribution in [0.3, 0.4) is 0 Å². The number of hydrogen-bond donors (Lipinski definition) is 0. The van der Waals surface area contributed by atoms with E-state index >= 15 is 13.2 Å². The summed E-state index contributed by atoms with van der Waals surface area (Å²) in [6.45, 7) is 2.08. The minimum Gasteiger partial charge on any atom is -0.429 e. The van der Waals surface area contributed by atoms with Crippen molar-refractivity contribution >= 4 is 0 Å². The van der Waals surface area contributed by atoms with E-state index in [9.17, 15) is 26.3 Å². The first-order valence-electron chi connectivity index (χ1n) is 14.6. The predicted molar refractivity (Wildman–Crippen MR) is 159 cm³/mol. The lowest BCUT2D eigenvalue weighted by Crippen LogP contribution is -2.23. The Morgan fingerprint density at radius 3 is 1.77 bits per heavy atom. The van der Waals surface area contributed by atoms with Crippen molar-refractivity contribution in [3.05, 3.63) is 120 Å². The second kappa shape index (κ2) is 14.0. The largest absolute Gasteiger partial charge is 0.573 e. The highest BCUT2D eigenvalue weighted by molar-refractivity contribution is 5.72. The molecule has 0 fully saturated rings. The topological polar surface area (TPSA) is 44.2 Å². The van der Waals surface area contributed by atoms with Crippen LogP contribution in [0.15, 0.2) is 85.2 Å². The molecule has 48 heavy (non-hydrogen) atoms. The molecular formula is C35H25F9N2O2. The monoisotopic (exact) mass is 676 g/mol. The number of aromatic nitrogens is 2. The van der Waals surface area contributed by atoms with E-state index in [2.05, 4.69) is 26.4 Å². The second-order valence-corrected chi connectivity index (χ2v) is 10.7. The number of aryl methyl sites for hydroxylation is 1. The fourth-order valence-electron chi connectivity index (χ4n) is 4.89. The molecular weight excluding hydrogens is 651 g/mol. The number of halogens is 9. The molecule has 250 valence electrons. The Labute approximate surface area is 268 Å². The van der Waals surface area contributed by atoms with Crippen LogP contribution >= 0.6 is 0 Å². The Morgan fingerprint density at radius 2 is 1.19 bits per heavy atom. The van der Waals surface area contributed by atoms with Gasteiger partial charge in [0, 0.05) is 35.2 Å². The molecule has 0 spiro atoms. The van der Waals surface area contributed by atoms with Crippen molar-refractivity contribution in [2.75, 3.05) is 0 Å². The Morgan fingerprint density at radius 1 is 0.604 bits per heavy atom. The van der Waals surface area contributed by atoms with Crippen LogP contribution in [-0.4, -0.2) is 16.3 Å². The van der Waals surface area contributed by atoms with E-state index in [0.717, 1.165) is 73.7 Å². The van der Waals surface area contributed by atoms with Gasteiger partial charge in [-0.25, -0.2) is 27.5 Å². The van der Waals surface area contributed by atoms with Crippen LogP contribution in [0.25, 0.3) is 33.6 Å². The summed E-state index contributed by atoms with van der Waals surface area (Å²) >= 11 is 0. The third kappa shape index (κ3) is 8.07. The molecule has 0 bridgehead atoms. The average Bonchev–Trinajstić information content (AvgIpc) is 3.01. The van der Waals surface area contributed by atoms with E-state index in [0.29, 0.717) is 18.2 Å². The zero-order chi connectivity index (χ0) is 34.6. The Kier molecular flexibility index (Phi) is 9.97. The van der Waals surface area contributed by atoms with Gasteiger partial charge in [-0.2, -0.15) is 8.78 Å². The van der Waals surface area contributed by atoms with E-state index in [1.807, 2.05) is 0 Å². The number of benzene rings is 4. The Hall–Kier alpha value is -5.07. The SMILES string of the molecule is CCCCCc1cnc(-c2ccc(C(F)(F)Oc3ccc(-c4ccc(-c5ccc(OC(F)(F)F)c(F)c5)c(F)c4)c(F)c3)c(F)c2)nc1. The highest BCUT2D eigenvalue weighted by Gasteiger charge is 2.38. The van der Waals surface area contributed by atoms with Crippen LogP contribution in [-0.2, 0) is 12.5 Å². The van der Waals surface area contributed by atoms with Crippen LogP contribution in [0, 0.1) is 23.3 Å². The van der Waals surface area contributed by atoms with E-state index in [1.165, 1.54) is 12.1 Å². The first-order chi connectivity index (χ1) is 22.7. The van der Waals surface area contributed by atoms with Crippen LogP contribution in [0.1, 0.15) is 37.3 Å². The Balaban J connectivity index is 1.30. The minimum absolute atomic E-state index is 0.0394. The van der Waals surface area contributed by atoms with Crippen molar-refractivity contribution in [2.45, 2.75) is 45.1 Å². The smallest absolute Gasteiger partial charge is 0.429 e. The number of unbranched alkanes of at least 4 members (excludes halogenated alkanes) is 2. The highest BCUT2D eigenvalue weighted by Crippen LogP contribution is 2.37. The van der Waals surface area contributed by atoms with Gasteiger partial charge < -0.3 is 9.47 Å². The molecule has 4 aromatic carbocycles. The van der Waals surface area contributed by atoms with Crippen LogP contribution in [0.5, 0.6) is 11.5 Å². The molecule has 1 aromatic heterocycles. The second-order valence-electron chi connectivity index (χ2n) is 10.7. The van der Waals surface area contributed by atoms with Gasteiger partial charge in [0.05, 0.1) is 5.56 Å². The lowest BCUT2D eigenvalue weighted by Gasteiger charge is -2.19. The number of ether oxygens (including phenoxy) is 2. The van der Waals surface area contributed by atoms with Gasteiger partial charge in [0.2, 0.25) is 0 Å². The standard InChI is InChI=1S/C35H25F9N2O2/c1-2-3-4-5-20-18-45-33(46-19-20)23-7-12-27(30(38)16-23)34(40,41)47-24-9-11-26(29(37)17-24)21-6-10-25(28(36)14-21)22-8-13-32(31(39)15-22)48-35(42,43)44/h6-19H,2-5H2,1H3. The maximum atomic E-state index is 15.0. The maximum absolute atomic E-state index is 15.0. The molecule has 5 aromatic rings. The predicted octanol–water partition coefficient (Wildman–Crippen LogP) is 10.8. The van der Waals surface area contributed by atoms with Crippen molar-refractivity contribution in [3.63, 3.8) is 0 Å². The third-order valence-corrected chi connectivity index (χ3v) is 7.25. The summed E-state index contributed by atoms with van der Waals surface area (Å²) in [5.74, 6) is -6.36. The molecule has 0 saturated heterocycles. The molecule has 5 rings (SSSR count). The first kappa shape index (κ1) is 34.3. The summed E-state index contributed by atoms with van der Waals surface area (Å²) in [4.78, 5) is 8.40. The molecule has 0 saturated carbocycles. The van der Waals surface area contributed by atoms with Gasteiger partial charge in [0.1, 0.15) is 23.2 Å². The molecule has 0 N–H and O–H groups in total. The first-order valence-corrected chi connectivity index (χ1v) is 14.6. The van der Waals surface area contributed by atoms with Gasteiger partial charge in [-0.1, -0.05) is 44.0 Å². The number of nitrogens with zero attached hydrogens (tertiary/aromatic N) is 2. The summed E-state index contributed by atoms with van der Waals surface area (Å²) < 4.78 is 135. The average molecular weight is 677 g/mol. The van der Waals surface area contributed by atoms with E-state index in [1.54, 1.807) is 12.4 Å². The van der Waals surface area contributed by atoms with E-state index in [-0.39, 0.29) is 33.6 Å². The van der Waals surface area contributed by atoms with Crippen LogP contribution < -0.4 is 9.47 Å². The fourth-order valence-corrected chi connectivity index (χ4v) is 4.89. The van der Waals surface area contributed by atoms with Gasteiger partial charge in [0.15, 0.2) is 17.4 Å². The van der Waals surface area contributed by atoms with Gasteiger partial charge in [0.25, 0.3) is 0 Å². The molecule has 13 heteroatoms. The molecule has 0 amide bonds. The molecule has 0 aliphatic carbocycles. The van der Waals surface area contributed by atoms with Crippen molar-refractivity contribution in [1.29, 1.82) is 0 Å². The summed E-state index contributed by atoms with van der Waals surface area (Å²) in [5, 5.41) is 0. The van der Waals surface area contributed by atoms with Gasteiger partial charge in [-0.3, -0.25) is 0 Å². The van der Waals surface area contributed by atoms with Gasteiger partial charge in [-0.05, 0) is 72.0 Å². The van der Waals surface area contributed by atoms with E-state index < -0.39 is 52.8 Å². The quantitative estimate of drug-likeness (QED) is 0.103. The molecule has 0 unspecified atom stereocenters. The summed E-state index contributed by atoms with van der Waals surface area (Å²) in [6, 6.07) is 11.1. The maximum Gasteiger partial charge on any atom is 0.573 e. The number of rotatable bonds is 11. The van der Waals surface area contributed by atoms with Crippen molar-refractivity contribution in [2.24, 2.45) is 0 Å². The fraction of sp³-hybridized carbons (Fsp3) is 0.200. The Bertz CT molecular complexity index is 1910. The molecule has 0 aliphatic rings. The third-order valence-electron chi connectivity index (χ3n) is 7.25. The molecule has 4 nitrogen and oxygen atoms in total. The molecule has 1 heterocycles. The normalized spacial score (nSPS) is 11.9. The lowest BCUT2D eigenvalue weighted by molar-refractivity contribution is -0.275. The van der Waals surface area contributed by atoms with Crippen molar-refractivity contribution in [1.82, 2.24) is 9.97 Å². The zero-order valence-electron chi connectivity index (χ0n) is 25.0. The van der Waals surface area contributed by atoms with Crippen LogP contribution in [0.4, 0.5) is 39.5 Å². The lowest BCUT2D eigenvalue weighted by atomic mass is 9.99. The zero-order valence-corrected chi connectivity index (χ0v) is 25.0. The number of alkyl halides is 5. The minimum atomic E-state index is -5.13. The van der Waals surface area contributed by atoms with E-state index in [4.69, 9.17) is 0 Å². The molecule has 0 radical (unpaired) electrons. The summed E-state index contributed by atoms with van der Waals surface area (Å²) in [7, 11) is 0. The summed E-state index contributed by atoms with van der Waals surface area (Å²) in [6.07, 6.45) is -2.30. The van der Waals surface area contributed by atoms with Crippen molar-refractivity contribution < 1.29 is 49.0 Å². The van der Waals surface area contributed by atoms with Crippen molar-refractivity contribution in [3.8, 4) is 45.1 Å². The highest BCUT2D eigenvalue weighted by atomic mass is 19.4. The number of hydrogen-bond acceptors (Lipinski definition) is 4.